The number of carbonyl (C=O) groups is 1. The van der Waals surface area contributed by atoms with E-state index in [0.29, 0.717) is 17.7 Å². The van der Waals surface area contributed by atoms with Gasteiger partial charge in [0.2, 0.25) is 5.91 Å². The van der Waals surface area contributed by atoms with Gasteiger partial charge in [-0.1, -0.05) is 40.5 Å². The van der Waals surface area contributed by atoms with Crippen molar-refractivity contribution in [2.75, 3.05) is 6.54 Å². The first kappa shape index (κ1) is 12.9. The summed E-state index contributed by atoms with van der Waals surface area (Å²) in [7, 11) is 0. The first-order valence-corrected chi connectivity index (χ1v) is 7.07. The van der Waals surface area contributed by atoms with Crippen molar-refractivity contribution in [3.8, 4) is 0 Å². The first-order chi connectivity index (χ1) is 8.00. The molecule has 1 aliphatic heterocycles. The van der Waals surface area contributed by atoms with Crippen LogP contribution in [0, 0.1) is 17.8 Å². The largest absolute Gasteiger partial charge is 0.326 e. The van der Waals surface area contributed by atoms with Crippen LogP contribution in [0.25, 0.3) is 0 Å². The van der Waals surface area contributed by atoms with Gasteiger partial charge in [-0.15, -0.1) is 0 Å². The van der Waals surface area contributed by atoms with E-state index in [0.717, 1.165) is 12.5 Å². The van der Waals surface area contributed by atoms with Crippen LogP contribution in [0.2, 0.25) is 0 Å². The van der Waals surface area contributed by atoms with E-state index in [9.17, 15) is 4.79 Å². The highest BCUT2D eigenvalue weighted by Crippen LogP contribution is 2.33. The third-order valence-corrected chi connectivity index (χ3v) is 4.01. The Morgan fingerprint density at radius 3 is 2.35 bits per heavy atom. The second kappa shape index (κ2) is 4.97. The summed E-state index contributed by atoms with van der Waals surface area (Å²) < 4.78 is 0. The Morgan fingerprint density at radius 1 is 1.24 bits per heavy atom. The van der Waals surface area contributed by atoms with E-state index in [1.165, 1.54) is 19.3 Å². The second-order valence-corrected chi connectivity index (χ2v) is 6.34. The summed E-state index contributed by atoms with van der Waals surface area (Å²) in [6, 6.07) is 0.0293. The Balaban J connectivity index is 2.00. The third-order valence-electron chi connectivity index (χ3n) is 4.01. The van der Waals surface area contributed by atoms with Gasteiger partial charge in [0.1, 0.15) is 0 Å². The SMILES string of the molecule is CC(C)C1NC(C(C)C)N(CCC2CC2)C1=O. The van der Waals surface area contributed by atoms with Crippen molar-refractivity contribution in [3.05, 3.63) is 0 Å². The standard InChI is InChI=1S/C14H26N2O/c1-9(2)12-14(17)16(8-7-11-5-6-11)13(15-12)10(3)4/h9-13,15H,5-8H2,1-4H3. The van der Waals surface area contributed by atoms with Crippen molar-refractivity contribution in [2.24, 2.45) is 17.8 Å². The molecule has 1 heterocycles. The molecule has 0 spiro atoms. The number of nitrogens with one attached hydrogen (secondary N) is 1. The lowest BCUT2D eigenvalue weighted by Crippen LogP contribution is -2.42. The van der Waals surface area contributed by atoms with Crippen LogP contribution < -0.4 is 5.32 Å². The van der Waals surface area contributed by atoms with Gasteiger partial charge in [-0.2, -0.15) is 0 Å². The van der Waals surface area contributed by atoms with E-state index in [2.05, 4.69) is 37.9 Å². The highest BCUT2D eigenvalue weighted by Gasteiger charge is 2.41. The number of hydrogen-bond donors (Lipinski definition) is 1. The topological polar surface area (TPSA) is 32.3 Å². The average molecular weight is 238 g/mol. The smallest absolute Gasteiger partial charge is 0.241 e. The van der Waals surface area contributed by atoms with Crippen LogP contribution in [0.3, 0.4) is 0 Å². The summed E-state index contributed by atoms with van der Waals surface area (Å²) in [6.45, 7) is 9.58. The minimum Gasteiger partial charge on any atom is -0.326 e. The molecule has 2 aliphatic rings. The molecule has 1 aliphatic carbocycles. The predicted octanol–water partition coefficient (Wildman–Crippen LogP) is 2.22. The van der Waals surface area contributed by atoms with Crippen LogP contribution in [0.4, 0.5) is 0 Å². The number of rotatable bonds is 5. The molecule has 3 nitrogen and oxygen atoms in total. The van der Waals surface area contributed by atoms with Gasteiger partial charge < -0.3 is 4.90 Å². The molecule has 2 rings (SSSR count). The average Bonchev–Trinajstić information content (AvgIpc) is 2.99. The lowest BCUT2D eigenvalue weighted by molar-refractivity contribution is -0.131. The molecule has 98 valence electrons. The molecule has 1 N–H and O–H groups in total. The van der Waals surface area contributed by atoms with Crippen molar-refractivity contribution in [1.82, 2.24) is 10.2 Å². The number of hydrogen-bond acceptors (Lipinski definition) is 2. The van der Waals surface area contributed by atoms with Crippen molar-refractivity contribution >= 4 is 5.91 Å². The minimum atomic E-state index is 0.0293. The lowest BCUT2D eigenvalue weighted by atomic mass is 10.0. The van der Waals surface area contributed by atoms with Gasteiger partial charge >= 0.3 is 0 Å². The van der Waals surface area contributed by atoms with Crippen LogP contribution >= 0.6 is 0 Å². The summed E-state index contributed by atoms with van der Waals surface area (Å²) in [5.41, 5.74) is 0. The fraction of sp³-hybridized carbons (Fsp3) is 0.929. The summed E-state index contributed by atoms with van der Waals surface area (Å²) in [5.74, 6) is 2.09. The highest BCUT2D eigenvalue weighted by molar-refractivity contribution is 5.84. The van der Waals surface area contributed by atoms with Gasteiger partial charge in [-0.05, 0) is 24.2 Å². The molecule has 0 bridgehead atoms. The first-order valence-electron chi connectivity index (χ1n) is 7.07. The lowest BCUT2D eigenvalue weighted by Gasteiger charge is -2.27. The van der Waals surface area contributed by atoms with Crippen molar-refractivity contribution in [2.45, 2.75) is 59.2 Å². The van der Waals surface area contributed by atoms with Crippen molar-refractivity contribution in [3.63, 3.8) is 0 Å². The van der Waals surface area contributed by atoms with E-state index in [1.54, 1.807) is 0 Å². The molecule has 0 aromatic carbocycles. The third kappa shape index (κ3) is 2.82. The van der Waals surface area contributed by atoms with E-state index in [1.807, 2.05) is 0 Å². The molecule has 2 fully saturated rings. The monoisotopic (exact) mass is 238 g/mol. The van der Waals surface area contributed by atoms with Gasteiger partial charge in [0.05, 0.1) is 12.2 Å². The highest BCUT2D eigenvalue weighted by atomic mass is 16.2. The molecule has 17 heavy (non-hydrogen) atoms. The molecule has 1 saturated carbocycles. The fourth-order valence-corrected chi connectivity index (χ4v) is 2.67. The molecule has 0 aromatic rings. The van der Waals surface area contributed by atoms with Gasteiger partial charge in [0.15, 0.2) is 0 Å². The van der Waals surface area contributed by atoms with Crippen LogP contribution in [0.5, 0.6) is 0 Å². The Labute approximate surface area is 105 Å². The maximum Gasteiger partial charge on any atom is 0.241 e. The quantitative estimate of drug-likeness (QED) is 0.796. The molecule has 2 unspecified atom stereocenters. The van der Waals surface area contributed by atoms with Crippen LogP contribution in [0.15, 0.2) is 0 Å². The Bertz CT molecular complexity index is 284. The van der Waals surface area contributed by atoms with Gasteiger partial charge in [0.25, 0.3) is 0 Å². The molecular weight excluding hydrogens is 212 g/mol. The summed E-state index contributed by atoms with van der Waals surface area (Å²) >= 11 is 0. The summed E-state index contributed by atoms with van der Waals surface area (Å²) in [6.07, 6.45) is 4.18. The normalized spacial score (nSPS) is 29.8. The molecular formula is C14H26N2O. The molecule has 3 heteroatoms. The zero-order valence-corrected chi connectivity index (χ0v) is 11.6. The van der Waals surface area contributed by atoms with Crippen molar-refractivity contribution in [1.29, 1.82) is 0 Å². The number of carbonyl (C=O) groups excluding carboxylic acids is 1. The summed E-state index contributed by atoms with van der Waals surface area (Å²) in [4.78, 5) is 14.4. The number of amides is 1. The summed E-state index contributed by atoms with van der Waals surface area (Å²) in [5, 5.41) is 3.51. The van der Waals surface area contributed by atoms with Crippen LogP contribution in [-0.4, -0.2) is 29.6 Å². The van der Waals surface area contributed by atoms with Crippen molar-refractivity contribution < 1.29 is 4.79 Å². The molecule has 0 radical (unpaired) electrons. The van der Waals surface area contributed by atoms with E-state index in [-0.39, 0.29) is 12.2 Å². The Morgan fingerprint density at radius 2 is 1.88 bits per heavy atom. The fourth-order valence-electron chi connectivity index (χ4n) is 2.67. The molecule has 1 amide bonds. The van der Waals surface area contributed by atoms with E-state index < -0.39 is 0 Å². The predicted molar refractivity (Wildman–Crippen MR) is 69.4 cm³/mol. The number of nitrogens with zero attached hydrogens (tertiary/aromatic N) is 1. The van der Waals surface area contributed by atoms with E-state index in [4.69, 9.17) is 0 Å². The van der Waals surface area contributed by atoms with E-state index >= 15 is 0 Å². The Kier molecular flexibility index (Phi) is 3.76. The van der Waals surface area contributed by atoms with Crippen LogP contribution in [0.1, 0.15) is 47.0 Å². The second-order valence-electron chi connectivity index (χ2n) is 6.34. The zero-order chi connectivity index (χ0) is 12.6. The maximum absolute atomic E-state index is 12.4. The Hall–Kier alpha value is -0.570. The molecule has 0 aromatic heterocycles. The van der Waals surface area contributed by atoms with Crippen LogP contribution in [-0.2, 0) is 4.79 Å². The van der Waals surface area contributed by atoms with Gasteiger partial charge in [-0.25, -0.2) is 0 Å². The van der Waals surface area contributed by atoms with Gasteiger partial charge in [0, 0.05) is 6.54 Å². The molecule has 2 atom stereocenters. The van der Waals surface area contributed by atoms with Gasteiger partial charge in [-0.3, -0.25) is 10.1 Å². The maximum atomic E-state index is 12.4. The zero-order valence-electron chi connectivity index (χ0n) is 11.6. The molecule has 1 saturated heterocycles. The minimum absolute atomic E-state index is 0.0293.